The van der Waals surface area contributed by atoms with E-state index in [9.17, 15) is 9.59 Å². The number of amides is 2. The van der Waals surface area contributed by atoms with E-state index in [4.69, 9.17) is 4.74 Å². The van der Waals surface area contributed by atoms with Gasteiger partial charge in [-0.2, -0.15) is 0 Å². The zero-order valence-electron chi connectivity index (χ0n) is 13.4. The molecule has 2 heterocycles. The Hall–Kier alpha value is -1.88. The van der Waals surface area contributed by atoms with Gasteiger partial charge in [0, 0.05) is 32.0 Å². The van der Waals surface area contributed by atoms with Gasteiger partial charge in [-0.3, -0.25) is 9.59 Å². The van der Waals surface area contributed by atoms with Gasteiger partial charge in [-0.15, -0.1) is 0 Å². The van der Waals surface area contributed by atoms with E-state index >= 15 is 0 Å². The van der Waals surface area contributed by atoms with Crippen molar-refractivity contribution in [2.24, 2.45) is 5.92 Å². The predicted octanol–water partition coefficient (Wildman–Crippen LogP) is 1.89. The minimum Gasteiger partial charge on any atom is -0.381 e. The maximum Gasteiger partial charge on any atom is 0.247 e. The molecule has 5 heteroatoms. The number of piperidine rings is 1. The number of nitrogens with one attached hydrogen (secondary N) is 1. The van der Waals surface area contributed by atoms with Crippen molar-refractivity contribution in [3.05, 3.63) is 35.9 Å². The van der Waals surface area contributed by atoms with Gasteiger partial charge < -0.3 is 15.0 Å². The molecule has 5 nitrogen and oxygen atoms in total. The number of rotatable bonds is 5. The lowest BCUT2D eigenvalue weighted by molar-refractivity contribution is -0.142. The van der Waals surface area contributed by atoms with Crippen molar-refractivity contribution in [1.82, 2.24) is 10.2 Å². The van der Waals surface area contributed by atoms with Gasteiger partial charge in [0.25, 0.3) is 0 Å². The monoisotopic (exact) mass is 316 g/mol. The van der Waals surface area contributed by atoms with Crippen LogP contribution in [-0.2, 0) is 14.3 Å². The normalized spacial score (nSPS) is 22.9. The Morgan fingerprint density at radius 2 is 2.13 bits per heavy atom. The van der Waals surface area contributed by atoms with Gasteiger partial charge in [-0.05, 0) is 24.8 Å². The fourth-order valence-electron chi connectivity index (χ4n) is 3.29. The van der Waals surface area contributed by atoms with Crippen LogP contribution in [0, 0.1) is 5.92 Å². The maximum atomic E-state index is 12.8. The van der Waals surface area contributed by atoms with Crippen LogP contribution in [0.2, 0.25) is 0 Å². The van der Waals surface area contributed by atoms with Gasteiger partial charge in [0.05, 0.1) is 6.61 Å². The summed E-state index contributed by atoms with van der Waals surface area (Å²) in [4.78, 5) is 26.8. The third-order valence-electron chi connectivity index (χ3n) is 4.62. The average molecular weight is 316 g/mol. The second-order valence-corrected chi connectivity index (χ2v) is 6.33. The van der Waals surface area contributed by atoms with Crippen LogP contribution >= 0.6 is 0 Å². The maximum absolute atomic E-state index is 12.8. The highest BCUT2D eigenvalue weighted by Crippen LogP contribution is 2.26. The Morgan fingerprint density at radius 3 is 2.83 bits per heavy atom. The molecule has 2 saturated heterocycles. The molecule has 2 aliphatic rings. The number of likely N-dealkylation sites (tertiary alicyclic amines) is 1. The Labute approximate surface area is 137 Å². The lowest BCUT2D eigenvalue weighted by Gasteiger charge is -2.34. The SMILES string of the molecule is O=C(NCC1CCOC1)C(c1ccccc1)N1CCCCC1=O. The highest BCUT2D eigenvalue weighted by Gasteiger charge is 2.32. The molecule has 0 aliphatic carbocycles. The molecule has 1 N–H and O–H groups in total. The standard InChI is InChI=1S/C18H24N2O3/c21-16-8-4-5-10-20(16)17(15-6-2-1-3-7-15)18(22)19-12-14-9-11-23-13-14/h1-3,6-7,14,17H,4-5,8-13H2,(H,19,22). The van der Waals surface area contributed by atoms with Gasteiger partial charge >= 0.3 is 0 Å². The van der Waals surface area contributed by atoms with Crippen molar-refractivity contribution in [3.63, 3.8) is 0 Å². The number of carbonyl (C=O) groups excluding carboxylic acids is 2. The molecule has 0 bridgehead atoms. The second kappa shape index (κ2) is 7.59. The second-order valence-electron chi connectivity index (χ2n) is 6.33. The minimum atomic E-state index is -0.522. The summed E-state index contributed by atoms with van der Waals surface area (Å²) in [5, 5.41) is 3.03. The predicted molar refractivity (Wildman–Crippen MR) is 86.7 cm³/mol. The molecule has 0 radical (unpaired) electrons. The Balaban J connectivity index is 1.73. The number of ether oxygens (including phenoxy) is 1. The van der Waals surface area contributed by atoms with E-state index in [-0.39, 0.29) is 11.8 Å². The lowest BCUT2D eigenvalue weighted by Crippen LogP contribution is -2.46. The minimum absolute atomic E-state index is 0.0736. The van der Waals surface area contributed by atoms with Crippen LogP contribution in [0.5, 0.6) is 0 Å². The molecule has 2 unspecified atom stereocenters. The van der Waals surface area contributed by atoms with E-state index in [2.05, 4.69) is 5.32 Å². The summed E-state index contributed by atoms with van der Waals surface area (Å²) in [6.07, 6.45) is 3.39. The van der Waals surface area contributed by atoms with E-state index in [0.717, 1.165) is 31.4 Å². The van der Waals surface area contributed by atoms with E-state index in [0.29, 0.717) is 32.0 Å². The largest absolute Gasteiger partial charge is 0.381 e. The molecule has 124 valence electrons. The first-order chi connectivity index (χ1) is 11.3. The van der Waals surface area contributed by atoms with Gasteiger partial charge in [0.1, 0.15) is 6.04 Å². The third kappa shape index (κ3) is 3.91. The summed E-state index contributed by atoms with van der Waals surface area (Å²) in [5.41, 5.74) is 0.878. The summed E-state index contributed by atoms with van der Waals surface area (Å²) >= 11 is 0. The number of benzene rings is 1. The first-order valence-electron chi connectivity index (χ1n) is 8.45. The van der Waals surface area contributed by atoms with Crippen LogP contribution in [-0.4, -0.2) is 43.0 Å². The van der Waals surface area contributed by atoms with E-state index in [1.807, 2.05) is 30.3 Å². The molecule has 1 aromatic carbocycles. The van der Waals surface area contributed by atoms with Crippen molar-refractivity contribution in [3.8, 4) is 0 Å². The molecule has 0 saturated carbocycles. The zero-order chi connectivity index (χ0) is 16.1. The Bertz CT molecular complexity index is 540. The van der Waals surface area contributed by atoms with Crippen molar-refractivity contribution < 1.29 is 14.3 Å². The van der Waals surface area contributed by atoms with E-state index < -0.39 is 6.04 Å². The highest BCUT2D eigenvalue weighted by atomic mass is 16.5. The molecule has 0 aromatic heterocycles. The number of hydrogen-bond acceptors (Lipinski definition) is 3. The summed E-state index contributed by atoms with van der Waals surface area (Å²) in [7, 11) is 0. The summed E-state index contributed by atoms with van der Waals surface area (Å²) in [5.74, 6) is 0.371. The van der Waals surface area contributed by atoms with Gasteiger partial charge in [0.15, 0.2) is 0 Å². The van der Waals surface area contributed by atoms with Crippen LogP contribution in [0.15, 0.2) is 30.3 Å². The van der Waals surface area contributed by atoms with Crippen molar-refractivity contribution in [2.45, 2.75) is 31.7 Å². The van der Waals surface area contributed by atoms with Crippen LogP contribution in [0.25, 0.3) is 0 Å². The molecule has 2 amide bonds. The molecular weight excluding hydrogens is 292 g/mol. The average Bonchev–Trinajstić information content (AvgIpc) is 3.09. The zero-order valence-corrected chi connectivity index (χ0v) is 13.4. The van der Waals surface area contributed by atoms with Crippen LogP contribution in [0.1, 0.15) is 37.3 Å². The van der Waals surface area contributed by atoms with E-state index in [1.54, 1.807) is 4.90 Å². The molecular formula is C18H24N2O3. The Kier molecular flexibility index (Phi) is 5.28. The number of carbonyl (C=O) groups is 2. The molecule has 2 aliphatic heterocycles. The Morgan fingerprint density at radius 1 is 1.30 bits per heavy atom. The first kappa shape index (κ1) is 16.0. The molecule has 0 spiro atoms. The fraction of sp³-hybridized carbons (Fsp3) is 0.556. The summed E-state index contributed by atoms with van der Waals surface area (Å²) < 4.78 is 5.35. The quantitative estimate of drug-likeness (QED) is 0.902. The van der Waals surface area contributed by atoms with Gasteiger partial charge in [-0.1, -0.05) is 30.3 Å². The number of hydrogen-bond donors (Lipinski definition) is 1. The molecule has 23 heavy (non-hydrogen) atoms. The number of nitrogens with zero attached hydrogens (tertiary/aromatic N) is 1. The van der Waals surface area contributed by atoms with Crippen molar-refractivity contribution in [1.29, 1.82) is 0 Å². The van der Waals surface area contributed by atoms with Crippen LogP contribution < -0.4 is 5.32 Å². The fourth-order valence-corrected chi connectivity index (χ4v) is 3.29. The van der Waals surface area contributed by atoms with Crippen LogP contribution in [0.4, 0.5) is 0 Å². The molecule has 1 aromatic rings. The highest BCUT2D eigenvalue weighted by molar-refractivity contribution is 5.89. The van der Waals surface area contributed by atoms with Crippen LogP contribution in [0.3, 0.4) is 0 Å². The van der Waals surface area contributed by atoms with Gasteiger partial charge in [0.2, 0.25) is 11.8 Å². The van der Waals surface area contributed by atoms with E-state index in [1.165, 1.54) is 0 Å². The van der Waals surface area contributed by atoms with Gasteiger partial charge in [-0.25, -0.2) is 0 Å². The molecule has 2 fully saturated rings. The molecule has 2 atom stereocenters. The van der Waals surface area contributed by atoms with Crippen molar-refractivity contribution >= 4 is 11.8 Å². The first-order valence-corrected chi connectivity index (χ1v) is 8.45. The third-order valence-corrected chi connectivity index (χ3v) is 4.62. The molecule has 3 rings (SSSR count). The topological polar surface area (TPSA) is 58.6 Å². The smallest absolute Gasteiger partial charge is 0.247 e. The lowest BCUT2D eigenvalue weighted by atomic mass is 10.00. The van der Waals surface area contributed by atoms with Crippen molar-refractivity contribution in [2.75, 3.05) is 26.3 Å². The summed E-state index contributed by atoms with van der Waals surface area (Å²) in [6.45, 7) is 2.74. The summed E-state index contributed by atoms with van der Waals surface area (Å²) in [6, 6.07) is 9.07.